The van der Waals surface area contributed by atoms with Crippen molar-refractivity contribution in [2.45, 2.75) is 57.7 Å². The number of carbonyl (C=O) groups excluding carboxylic acids is 1. The van der Waals surface area contributed by atoms with Crippen molar-refractivity contribution in [2.75, 3.05) is 46.2 Å². The molecule has 0 aromatic carbocycles. The number of epoxide rings is 1. The molecule has 0 radical (unpaired) electrons. The number of rotatable bonds is 18. The highest BCUT2D eigenvalue weighted by Gasteiger charge is 2.23. The fourth-order valence-corrected chi connectivity index (χ4v) is 2.10. The molecule has 1 rings (SSSR count). The van der Waals surface area contributed by atoms with E-state index in [0.717, 1.165) is 6.61 Å². The highest BCUT2D eigenvalue weighted by atomic mass is 16.7. The van der Waals surface area contributed by atoms with E-state index in [-0.39, 0.29) is 44.3 Å². The minimum absolute atomic E-state index is 0.102. The number of carbonyl (C=O) groups is 1. The van der Waals surface area contributed by atoms with Gasteiger partial charge in [-0.3, -0.25) is 4.79 Å². The van der Waals surface area contributed by atoms with Crippen LogP contribution in [0.1, 0.15) is 33.1 Å². The van der Waals surface area contributed by atoms with Crippen LogP contribution in [-0.2, 0) is 33.2 Å². The highest BCUT2D eigenvalue weighted by molar-refractivity contribution is 5.69. The second-order valence-corrected chi connectivity index (χ2v) is 6.29. The average Bonchev–Trinajstić information content (AvgIpc) is 3.46. The molecule has 27 heavy (non-hydrogen) atoms. The van der Waals surface area contributed by atoms with Crippen molar-refractivity contribution < 1.29 is 38.3 Å². The molecule has 0 saturated carbocycles. The van der Waals surface area contributed by atoms with Gasteiger partial charge in [0, 0.05) is 19.4 Å². The second kappa shape index (κ2) is 15.0. The number of ether oxygens (including phenoxy) is 6. The summed E-state index contributed by atoms with van der Waals surface area (Å²) in [6, 6.07) is 0. The smallest absolute Gasteiger partial charge is 0.306 e. The molecule has 1 aliphatic rings. The lowest BCUT2D eigenvalue weighted by Crippen LogP contribution is -2.32. The van der Waals surface area contributed by atoms with E-state index in [9.17, 15) is 9.90 Å². The first kappa shape index (κ1) is 24.0. The fraction of sp³-hybridized carbons (Fsp3) is 0.842. The molecule has 1 fully saturated rings. The normalized spacial score (nSPS) is 19.3. The Morgan fingerprint density at radius 2 is 2.07 bits per heavy atom. The number of aliphatic hydroxyl groups excluding tert-OH is 1. The largest absolute Gasteiger partial charge is 0.466 e. The maximum absolute atomic E-state index is 11.4. The zero-order valence-electron chi connectivity index (χ0n) is 16.5. The van der Waals surface area contributed by atoms with Crippen LogP contribution in [0.3, 0.4) is 0 Å². The Morgan fingerprint density at radius 3 is 2.74 bits per heavy atom. The van der Waals surface area contributed by atoms with Crippen LogP contribution in [-0.4, -0.2) is 81.9 Å². The quantitative estimate of drug-likeness (QED) is 0.163. The minimum Gasteiger partial charge on any atom is -0.466 e. The van der Waals surface area contributed by atoms with Crippen LogP contribution in [0.2, 0.25) is 0 Å². The summed E-state index contributed by atoms with van der Waals surface area (Å²) in [6.07, 6.45) is 1.61. The molecule has 0 aromatic rings. The van der Waals surface area contributed by atoms with Crippen LogP contribution >= 0.6 is 0 Å². The third kappa shape index (κ3) is 13.7. The van der Waals surface area contributed by atoms with E-state index < -0.39 is 6.10 Å². The first-order valence-corrected chi connectivity index (χ1v) is 9.53. The molecule has 1 aliphatic heterocycles. The predicted molar refractivity (Wildman–Crippen MR) is 98.4 cm³/mol. The van der Waals surface area contributed by atoms with Crippen molar-refractivity contribution >= 4 is 5.97 Å². The summed E-state index contributed by atoms with van der Waals surface area (Å²) in [5, 5.41) is 10.0. The van der Waals surface area contributed by atoms with Crippen LogP contribution in [0, 0.1) is 0 Å². The van der Waals surface area contributed by atoms with E-state index in [1.807, 2.05) is 13.8 Å². The molecule has 1 heterocycles. The van der Waals surface area contributed by atoms with Gasteiger partial charge in [-0.05, 0) is 20.3 Å². The zero-order valence-corrected chi connectivity index (χ0v) is 16.5. The number of allylic oxidation sites excluding steroid dienone is 1. The minimum atomic E-state index is -0.740. The first-order valence-electron chi connectivity index (χ1n) is 9.53. The summed E-state index contributed by atoms with van der Waals surface area (Å²) < 4.78 is 32.3. The van der Waals surface area contributed by atoms with Crippen molar-refractivity contribution in [1.29, 1.82) is 0 Å². The molecule has 1 saturated heterocycles. The molecule has 0 spiro atoms. The monoisotopic (exact) mass is 390 g/mol. The highest BCUT2D eigenvalue weighted by Crippen LogP contribution is 2.10. The fourth-order valence-electron chi connectivity index (χ4n) is 2.10. The lowest BCUT2D eigenvalue weighted by atomic mass is 10.2. The van der Waals surface area contributed by atoms with Gasteiger partial charge in [0.05, 0.1) is 45.7 Å². The number of esters is 1. The van der Waals surface area contributed by atoms with Gasteiger partial charge in [0.2, 0.25) is 0 Å². The van der Waals surface area contributed by atoms with Gasteiger partial charge in [0.1, 0.15) is 12.2 Å². The Bertz CT molecular complexity index is 399. The average molecular weight is 390 g/mol. The van der Waals surface area contributed by atoms with Crippen LogP contribution < -0.4 is 0 Å². The standard InChI is InChI=1S/C19H34O8/c1-4-6-7-19(21)24-9-8-16(20)10-26-17(11-22-12-18-14-27-18)13-25-15(3)23-5-2/h4,15-18,20H,1,5-14H2,2-3H3. The molecule has 4 atom stereocenters. The van der Waals surface area contributed by atoms with E-state index >= 15 is 0 Å². The Labute approximate surface area is 161 Å². The lowest BCUT2D eigenvalue weighted by Gasteiger charge is -2.22. The summed E-state index contributed by atoms with van der Waals surface area (Å²) >= 11 is 0. The molecule has 0 aliphatic carbocycles. The van der Waals surface area contributed by atoms with Gasteiger partial charge in [0.15, 0.2) is 6.29 Å². The van der Waals surface area contributed by atoms with Crippen LogP contribution in [0.25, 0.3) is 0 Å². The van der Waals surface area contributed by atoms with Gasteiger partial charge in [-0.15, -0.1) is 6.58 Å². The van der Waals surface area contributed by atoms with Crippen LogP contribution in [0.4, 0.5) is 0 Å². The van der Waals surface area contributed by atoms with Gasteiger partial charge < -0.3 is 33.5 Å². The maximum atomic E-state index is 11.4. The number of aliphatic hydroxyl groups is 1. The Kier molecular flexibility index (Phi) is 13.3. The Morgan fingerprint density at radius 1 is 1.30 bits per heavy atom. The van der Waals surface area contributed by atoms with E-state index in [0.29, 0.717) is 39.1 Å². The summed E-state index contributed by atoms with van der Waals surface area (Å²) in [6.45, 7) is 9.95. The molecule has 0 bridgehead atoms. The van der Waals surface area contributed by atoms with Gasteiger partial charge in [-0.2, -0.15) is 0 Å². The molecule has 0 amide bonds. The van der Waals surface area contributed by atoms with Gasteiger partial charge >= 0.3 is 5.97 Å². The van der Waals surface area contributed by atoms with Gasteiger partial charge in [-0.25, -0.2) is 0 Å². The third-order valence-electron chi connectivity index (χ3n) is 3.72. The first-order chi connectivity index (χ1) is 13.0. The Hall–Kier alpha value is -1.03. The molecule has 1 N–H and O–H groups in total. The molecular formula is C19H34O8. The van der Waals surface area contributed by atoms with Gasteiger partial charge in [-0.1, -0.05) is 6.08 Å². The number of hydrogen-bond acceptors (Lipinski definition) is 8. The van der Waals surface area contributed by atoms with E-state index in [4.69, 9.17) is 28.4 Å². The van der Waals surface area contributed by atoms with E-state index in [1.165, 1.54) is 0 Å². The van der Waals surface area contributed by atoms with Crippen molar-refractivity contribution in [3.05, 3.63) is 12.7 Å². The molecule has 158 valence electrons. The van der Waals surface area contributed by atoms with Crippen molar-refractivity contribution in [2.24, 2.45) is 0 Å². The van der Waals surface area contributed by atoms with E-state index in [2.05, 4.69) is 6.58 Å². The number of hydrogen-bond donors (Lipinski definition) is 1. The molecular weight excluding hydrogens is 356 g/mol. The molecule has 8 nitrogen and oxygen atoms in total. The molecule has 0 aromatic heterocycles. The summed E-state index contributed by atoms with van der Waals surface area (Å²) in [7, 11) is 0. The summed E-state index contributed by atoms with van der Waals surface area (Å²) in [4.78, 5) is 11.4. The van der Waals surface area contributed by atoms with Gasteiger partial charge in [0.25, 0.3) is 0 Å². The molecule has 8 heteroatoms. The Balaban J connectivity index is 2.21. The topological polar surface area (TPSA) is 96.0 Å². The predicted octanol–water partition coefficient (Wildman–Crippen LogP) is 1.45. The molecule has 4 unspecified atom stereocenters. The maximum Gasteiger partial charge on any atom is 0.306 e. The van der Waals surface area contributed by atoms with Crippen LogP contribution in [0.5, 0.6) is 0 Å². The summed E-state index contributed by atoms with van der Waals surface area (Å²) in [5.74, 6) is -0.296. The van der Waals surface area contributed by atoms with Crippen LogP contribution in [0.15, 0.2) is 12.7 Å². The van der Waals surface area contributed by atoms with E-state index in [1.54, 1.807) is 6.08 Å². The third-order valence-corrected chi connectivity index (χ3v) is 3.72. The zero-order chi connectivity index (χ0) is 19.9. The van der Waals surface area contributed by atoms with Crippen molar-refractivity contribution in [1.82, 2.24) is 0 Å². The SMILES string of the molecule is C=CCCC(=O)OCCC(O)COC(COCC1CO1)COC(C)OCC. The van der Waals surface area contributed by atoms with Crippen molar-refractivity contribution in [3.8, 4) is 0 Å². The summed E-state index contributed by atoms with van der Waals surface area (Å²) in [5.41, 5.74) is 0. The second-order valence-electron chi connectivity index (χ2n) is 6.29. The van der Waals surface area contributed by atoms with Crippen molar-refractivity contribution in [3.63, 3.8) is 0 Å². The lowest BCUT2D eigenvalue weighted by molar-refractivity contribution is -0.163.